The Morgan fingerprint density at radius 2 is 2.33 bits per heavy atom. The van der Waals surface area contributed by atoms with Gasteiger partial charge in [0.2, 0.25) is 5.91 Å². The predicted molar refractivity (Wildman–Crippen MR) is 38.1 cm³/mol. The van der Waals surface area contributed by atoms with Gasteiger partial charge in [-0.3, -0.25) is 4.79 Å². The summed E-state index contributed by atoms with van der Waals surface area (Å²) in [6.45, 7) is 6.19. The van der Waals surface area contributed by atoms with E-state index in [1.807, 2.05) is 6.92 Å². The summed E-state index contributed by atoms with van der Waals surface area (Å²) in [7, 11) is 1.78. The molecular weight excluding hydrogens is 114 g/mol. The van der Waals surface area contributed by atoms with Crippen molar-refractivity contribution in [2.75, 3.05) is 13.6 Å². The van der Waals surface area contributed by atoms with Crippen LogP contribution in [0.2, 0.25) is 0 Å². The lowest BCUT2D eigenvalue weighted by Gasteiger charge is -2.11. The maximum absolute atomic E-state index is 10.8. The molecule has 0 aromatic heterocycles. The number of nitrogens with zero attached hydrogens (tertiary/aromatic N) is 1. The quantitative estimate of drug-likeness (QED) is 0.519. The molecule has 0 saturated carbocycles. The van der Waals surface area contributed by atoms with Gasteiger partial charge in [-0.15, -0.1) is 6.58 Å². The van der Waals surface area contributed by atoms with Gasteiger partial charge in [-0.1, -0.05) is 6.08 Å². The van der Waals surface area contributed by atoms with E-state index in [1.165, 1.54) is 0 Å². The lowest BCUT2D eigenvalue weighted by molar-refractivity contribution is -0.128. The van der Waals surface area contributed by atoms with E-state index >= 15 is 0 Å². The molecular formula is C7H13NO. The Labute approximate surface area is 56.2 Å². The molecule has 2 nitrogen and oxygen atoms in total. The largest absolute Gasteiger partial charge is 0.346 e. The highest BCUT2D eigenvalue weighted by Crippen LogP contribution is 1.88. The van der Waals surface area contributed by atoms with Crippen LogP contribution in [-0.4, -0.2) is 24.4 Å². The molecule has 0 saturated heterocycles. The number of hydrogen-bond donors (Lipinski definition) is 0. The van der Waals surface area contributed by atoms with Crippen molar-refractivity contribution in [2.24, 2.45) is 0 Å². The average molecular weight is 127 g/mol. The monoisotopic (exact) mass is 127 g/mol. The van der Waals surface area contributed by atoms with E-state index in [1.54, 1.807) is 18.0 Å². The summed E-state index contributed by atoms with van der Waals surface area (Å²) in [6.07, 6.45) is 2.07. The topological polar surface area (TPSA) is 20.3 Å². The van der Waals surface area contributed by atoms with Crippen LogP contribution >= 0.6 is 0 Å². The van der Waals surface area contributed by atoms with Gasteiger partial charge in [-0.25, -0.2) is 0 Å². The fourth-order valence-corrected chi connectivity index (χ4v) is 0.456. The van der Waals surface area contributed by atoms with Crippen molar-refractivity contribution in [3.8, 4) is 0 Å². The van der Waals surface area contributed by atoms with Crippen LogP contribution in [0.3, 0.4) is 0 Å². The second kappa shape index (κ2) is 4.13. The molecule has 0 aromatic carbocycles. The highest BCUT2D eigenvalue weighted by Gasteiger charge is 2.01. The molecule has 0 aliphatic rings. The van der Waals surface area contributed by atoms with Gasteiger partial charge in [0, 0.05) is 20.0 Å². The Morgan fingerprint density at radius 3 is 2.67 bits per heavy atom. The molecule has 52 valence electrons. The number of amides is 1. The van der Waals surface area contributed by atoms with E-state index < -0.39 is 0 Å². The third kappa shape index (κ3) is 2.90. The zero-order chi connectivity index (χ0) is 7.28. The van der Waals surface area contributed by atoms with Crippen LogP contribution in [0.25, 0.3) is 0 Å². The van der Waals surface area contributed by atoms with Crippen LogP contribution in [0.5, 0.6) is 0 Å². The second-order valence-electron chi connectivity index (χ2n) is 1.90. The minimum atomic E-state index is 0.132. The number of carbonyl (C=O) groups is 1. The molecule has 0 aromatic rings. The summed E-state index contributed by atoms with van der Waals surface area (Å²) >= 11 is 0. The van der Waals surface area contributed by atoms with E-state index in [2.05, 4.69) is 6.58 Å². The fraction of sp³-hybridized carbons (Fsp3) is 0.571. The molecule has 1 amide bonds. The molecule has 9 heavy (non-hydrogen) atoms. The minimum absolute atomic E-state index is 0.132. The van der Waals surface area contributed by atoms with Crippen molar-refractivity contribution in [3.63, 3.8) is 0 Å². The summed E-state index contributed by atoms with van der Waals surface area (Å²) in [5.41, 5.74) is 0. The first kappa shape index (κ1) is 8.21. The third-order valence-corrected chi connectivity index (χ3v) is 1.22. The Kier molecular flexibility index (Phi) is 3.76. The highest BCUT2D eigenvalue weighted by atomic mass is 16.2. The smallest absolute Gasteiger partial charge is 0.226 e. The molecule has 0 unspecified atom stereocenters. The summed E-state index contributed by atoms with van der Waals surface area (Å²) in [6, 6.07) is 0. The molecule has 2 heteroatoms. The van der Waals surface area contributed by atoms with Gasteiger partial charge in [0.25, 0.3) is 0 Å². The van der Waals surface area contributed by atoms with Crippen LogP contribution in [0.15, 0.2) is 12.7 Å². The third-order valence-electron chi connectivity index (χ3n) is 1.22. The second-order valence-corrected chi connectivity index (χ2v) is 1.90. The first-order chi connectivity index (χ1) is 4.22. The first-order valence-corrected chi connectivity index (χ1v) is 3.07. The number of hydrogen-bond acceptors (Lipinski definition) is 1. The maximum atomic E-state index is 10.8. The first-order valence-electron chi connectivity index (χ1n) is 3.07. The summed E-state index contributed by atoms with van der Waals surface area (Å²) in [5.74, 6) is 0.132. The van der Waals surface area contributed by atoms with Gasteiger partial charge in [0.15, 0.2) is 0 Å². The van der Waals surface area contributed by atoms with Crippen molar-refractivity contribution in [1.29, 1.82) is 0 Å². The van der Waals surface area contributed by atoms with Crippen molar-refractivity contribution in [3.05, 3.63) is 12.7 Å². The Balaban J connectivity index is 3.58. The molecule has 0 fully saturated rings. The van der Waals surface area contributed by atoms with E-state index in [0.717, 1.165) is 6.54 Å². The molecule has 0 radical (unpaired) electrons. The SMILES string of the molecule is C=CCC(=O)N(C)CC. The van der Waals surface area contributed by atoms with E-state index in [-0.39, 0.29) is 5.91 Å². The van der Waals surface area contributed by atoms with Crippen molar-refractivity contribution < 1.29 is 4.79 Å². The number of rotatable bonds is 3. The number of carbonyl (C=O) groups excluding carboxylic acids is 1. The van der Waals surface area contributed by atoms with Crippen LogP contribution in [-0.2, 0) is 4.79 Å². The molecule has 0 rings (SSSR count). The normalized spacial score (nSPS) is 8.67. The molecule has 0 atom stereocenters. The zero-order valence-corrected chi connectivity index (χ0v) is 6.05. The Hall–Kier alpha value is -0.790. The Bertz CT molecular complexity index is 109. The van der Waals surface area contributed by atoms with Crippen LogP contribution < -0.4 is 0 Å². The lowest BCUT2D eigenvalue weighted by Crippen LogP contribution is -2.25. The van der Waals surface area contributed by atoms with E-state index in [9.17, 15) is 4.79 Å². The van der Waals surface area contributed by atoms with Crippen LogP contribution in [0.1, 0.15) is 13.3 Å². The van der Waals surface area contributed by atoms with E-state index in [4.69, 9.17) is 0 Å². The van der Waals surface area contributed by atoms with Crippen molar-refractivity contribution in [2.45, 2.75) is 13.3 Å². The van der Waals surface area contributed by atoms with Crippen molar-refractivity contribution in [1.82, 2.24) is 4.90 Å². The van der Waals surface area contributed by atoms with Gasteiger partial charge in [0.05, 0.1) is 0 Å². The summed E-state index contributed by atoms with van der Waals surface area (Å²) in [4.78, 5) is 12.5. The zero-order valence-electron chi connectivity index (χ0n) is 6.05. The molecule has 0 aliphatic carbocycles. The van der Waals surface area contributed by atoms with Gasteiger partial charge in [-0.2, -0.15) is 0 Å². The molecule has 0 N–H and O–H groups in total. The summed E-state index contributed by atoms with van der Waals surface area (Å²) < 4.78 is 0. The molecule has 0 aliphatic heterocycles. The van der Waals surface area contributed by atoms with E-state index in [0.29, 0.717) is 6.42 Å². The van der Waals surface area contributed by atoms with Crippen LogP contribution in [0.4, 0.5) is 0 Å². The van der Waals surface area contributed by atoms with Crippen molar-refractivity contribution >= 4 is 5.91 Å². The average Bonchev–Trinajstić information content (AvgIpc) is 1.87. The fourth-order valence-electron chi connectivity index (χ4n) is 0.456. The molecule has 0 spiro atoms. The standard InChI is InChI=1S/C7H13NO/c1-4-6-7(9)8(3)5-2/h4H,1,5-6H2,2-3H3. The summed E-state index contributed by atoms with van der Waals surface area (Å²) in [5, 5.41) is 0. The highest BCUT2D eigenvalue weighted by molar-refractivity contribution is 5.77. The van der Waals surface area contributed by atoms with Gasteiger partial charge in [0.1, 0.15) is 0 Å². The molecule has 0 bridgehead atoms. The molecule has 0 heterocycles. The Morgan fingerprint density at radius 1 is 1.78 bits per heavy atom. The van der Waals surface area contributed by atoms with Crippen LogP contribution in [0, 0.1) is 0 Å². The maximum Gasteiger partial charge on any atom is 0.226 e. The lowest BCUT2D eigenvalue weighted by atomic mass is 10.4. The van der Waals surface area contributed by atoms with Gasteiger partial charge >= 0.3 is 0 Å². The minimum Gasteiger partial charge on any atom is -0.346 e. The predicted octanol–water partition coefficient (Wildman–Crippen LogP) is 1.04. The van der Waals surface area contributed by atoms with Gasteiger partial charge < -0.3 is 4.90 Å². The van der Waals surface area contributed by atoms with Gasteiger partial charge in [-0.05, 0) is 6.92 Å².